The molecule has 0 spiro atoms. The highest BCUT2D eigenvalue weighted by atomic mass is 19.4. The number of urea groups is 1. The van der Waals surface area contributed by atoms with Crippen LogP contribution >= 0.6 is 0 Å². The van der Waals surface area contributed by atoms with E-state index in [-0.39, 0.29) is 19.4 Å². The van der Waals surface area contributed by atoms with Crippen molar-refractivity contribution >= 4 is 34.7 Å². The SMILES string of the molecule is C[C@H](c1c[nH]c2ccccc12)[C@@H](NC(=O)N1CCCN(C(=O)C(C(F)(F)F)C(F)(F)F)CC1)C(=O)NC(CCCCN)C(=O)OC(C)(C)C. The van der Waals surface area contributed by atoms with Gasteiger partial charge in [0.15, 0.2) is 0 Å². The maximum atomic E-state index is 14.0. The van der Waals surface area contributed by atoms with E-state index in [1.807, 2.05) is 18.2 Å². The number of nitrogens with zero attached hydrogens (tertiary/aromatic N) is 2. The first kappa shape index (κ1) is 39.4. The number of nitrogens with one attached hydrogen (secondary N) is 3. The number of ether oxygens (including phenoxy) is 1. The average Bonchev–Trinajstić information content (AvgIpc) is 3.25. The van der Waals surface area contributed by atoms with Gasteiger partial charge in [-0.3, -0.25) is 9.59 Å². The first-order valence-electron chi connectivity index (χ1n) is 16.0. The summed E-state index contributed by atoms with van der Waals surface area (Å²) in [6.45, 7) is 5.53. The summed E-state index contributed by atoms with van der Waals surface area (Å²) >= 11 is 0. The third kappa shape index (κ3) is 10.7. The lowest BCUT2D eigenvalue weighted by atomic mass is 9.92. The van der Waals surface area contributed by atoms with Gasteiger partial charge in [-0.05, 0) is 64.6 Å². The van der Waals surface area contributed by atoms with Crippen LogP contribution in [0.25, 0.3) is 10.9 Å². The highest BCUT2D eigenvalue weighted by molar-refractivity contribution is 5.92. The molecule has 0 aliphatic carbocycles. The van der Waals surface area contributed by atoms with E-state index in [0.717, 1.165) is 15.8 Å². The molecule has 1 aliphatic rings. The van der Waals surface area contributed by atoms with E-state index in [4.69, 9.17) is 10.5 Å². The topological polar surface area (TPSA) is 150 Å². The van der Waals surface area contributed by atoms with Crippen molar-refractivity contribution in [3.05, 3.63) is 36.0 Å². The second kappa shape index (κ2) is 16.1. The van der Waals surface area contributed by atoms with Crippen LogP contribution in [-0.4, -0.2) is 101 Å². The lowest BCUT2D eigenvalue weighted by molar-refractivity contribution is -0.277. The summed E-state index contributed by atoms with van der Waals surface area (Å²) in [7, 11) is 0. The van der Waals surface area contributed by atoms with Gasteiger partial charge in [-0.15, -0.1) is 0 Å². The smallest absolute Gasteiger partial charge is 0.409 e. The van der Waals surface area contributed by atoms with Crippen LogP contribution in [0.2, 0.25) is 0 Å². The highest BCUT2D eigenvalue weighted by Crippen LogP contribution is 2.40. The summed E-state index contributed by atoms with van der Waals surface area (Å²) in [6.07, 6.45) is -8.87. The van der Waals surface area contributed by atoms with Gasteiger partial charge in [-0.2, -0.15) is 26.3 Å². The molecule has 1 fully saturated rings. The first-order valence-corrected chi connectivity index (χ1v) is 16.0. The van der Waals surface area contributed by atoms with Gasteiger partial charge in [-0.25, -0.2) is 9.59 Å². The molecule has 1 aromatic heterocycles. The van der Waals surface area contributed by atoms with Crippen molar-refractivity contribution in [3.63, 3.8) is 0 Å². The minimum absolute atomic E-state index is 0.113. The Kier molecular flexibility index (Phi) is 13.0. The van der Waals surface area contributed by atoms with Crippen LogP contribution in [0.15, 0.2) is 30.5 Å². The van der Waals surface area contributed by atoms with Crippen molar-refractivity contribution in [1.29, 1.82) is 0 Å². The lowest BCUT2D eigenvalue weighted by Crippen LogP contribution is -2.56. The quantitative estimate of drug-likeness (QED) is 0.153. The van der Waals surface area contributed by atoms with Crippen molar-refractivity contribution in [2.45, 2.75) is 89.3 Å². The Morgan fingerprint density at radius 3 is 2.14 bits per heavy atom. The number of para-hydroxylation sites is 1. The summed E-state index contributed by atoms with van der Waals surface area (Å²) in [6, 6.07) is 4.03. The van der Waals surface area contributed by atoms with Crippen molar-refractivity contribution in [1.82, 2.24) is 25.4 Å². The fourth-order valence-electron chi connectivity index (χ4n) is 5.66. The predicted molar refractivity (Wildman–Crippen MR) is 168 cm³/mol. The molecule has 0 radical (unpaired) electrons. The standard InChI is InChI=1S/C32H44F6N6O5/c1-19(21-18-40-22-11-6-5-10-20(21)22)24(26(45)41-23(12-7-8-13-39)28(47)49-30(2,3)4)42-29(48)44-15-9-14-43(16-17-44)27(46)25(31(33,34)35)32(36,37)38/h5-6,10-11,18-19,23-25,40H,7-9,12-17,39H2,1-4H3,(H,41,45)(H,42,48)/t19-,23?,24-/m1/s1. The van der Waals surface area contributed by atoms with E-state index in [0.29, 0.717) is 29.8 Å². The number of aromatic amines is 1. The molecule has 0 saturated carbocycles. The van der Waals surface area contributed by atoms with Gasteiger partial charge in [0.25, 0.3) is 0 Å². The molecule has 5 N–H and O–H groups in total. The number of aromatic nitrogens is 1. The van der Waals surface area contributed by atoms with E-state index in [2.05, 4.69) is 15.6 Å². The van der Waals surface area contributed by atoms with Crippen molar-refractivity contribution in [2.24, 2.45) is 11.7 Å². The van der Waals surface area contributed by atoms with Gasteiger partial charge in [-0.1, -0.05) is 25.1 Å². The van der Waals surface area contributed by atoms with Crippen molar-refractivity contribution in [3.8, 4) is 0 Å². The van der Waals surface area contributed by atoms with Crippen molar-refractivity contribution < 1.29 is 50.3 Å². The van der Waals surface area contributed by atoms with Crippen LogP contribution < -0.4 is 16.4 Å². The zero-order valence-corrected chi connectivity index (χ0v) is 27.8. The summed E-state index contributed by atoms with van der Waals surface area (Å²) in [5.41, 5.74) is 6.17. The van der Waals surface area contributed by atoms with Crippen LogP contribution in [0.5, 0.6) is 0 Å². The normalized spacial score (nSPS) is 16.6. The molecule has 17 heteroatoms. The maximum absolute atomic E-state index is 14.0. The Labute approximate surface area is 280 Å². The number of H-pyrrole nitrogens is 1. The number of esters is 1. The van der Waals surface area contributed by atoms with Gasteiger partial charge in [0.2, 0.25) is 17.7 Å². The number of benzene rings is 1. The minimum atomic E-state index is -5.85. The molecule has 4 amide bonds. The number of carbonyl (C=O) groups excluding carboxylic acids is 4. The van der Waals surface area contributed by atoms with Gasteiger partial charge < -0.3 is 35.9 Å². The van der Waals surface area contributed by atoms with Crippen LogP contribution in [0, 0.1) is 5.92 Å². The molecule has 1 saturated heterocycles. The molecular formula is C32H44F6N6O5. The minimum Gasteiger partial charge on any atom is -0.458 e. The highest BCUT2D eigenvalue weighted by Gasteiger charge is 2.62. The first-order chi connectivity index (χ1) is 22.7. The number of hydrogen-bond donors (Lipinski definition) is 4. The molecule has 2 aromatic rings. The van der Waals surface area contributed by atoms with Crippen LogP contribution in [0.3, 0.4) is 0 Å². The van der Waals surface area contributed by atoms with Gasteiger partial charge in [0.1, 0.15) is 17.7 Å². The number of unbranched alkanes of at least 4 members (excludes halogenated alkanes) is 1. The molecule has 1 aromatic carbocycles. The van der Waals surface area contributed by atoms with Crippen LogP contribution in [0.4, 0.5) is 31.1 Å². The molecule has 3 rings (SSSR count). The Hall–Kier alpha value is -4.02. The van der Waals surface area contributed by atoms with Crippen LogP contribution in [0.1, 0.15) is 64.9 Å². The number of alkyl halides is 6. The molecular weight excluding hydrogens is 662 g/mol. The number of hydrogen-bond acceptors (Lipinski definition) is 6. The Balaban J connectivity index is 1.86. The zero-order chi connectivity index (χ0) is 36.7. The molecule has 274 valence electrons. The van der Waals surface area contributed by atoms with E-state index in [1.54, 1.807) is 40.0 Å². The molecule has 0 bridgehead atoms. The monoisotopic (exact) mass is 706 g/mol. The molecule has 1 aliphatic heterocycles. The lowest BCUT2D eigenvalue weighted by Gasteiger charge is -2.31. The Bertz CT molecular complexity index is 1440. The second-order valence-electron chi connectivity index (χ2n) is 13.1. The number of carbonyl (C=O) groups is 4. The van der Waals surface area contributed by atoms with Crippen LogP contribution in [-0.2, 0) is 19.1 Å². The predicted octanol–water partition coefficient (Wildman–Crippen LogP) is 4.58. The van der Waals surface area contributed by atoms with E-state index >= 15 is 0 Å². The van der Waals surface area contributed by atoms with Gasteiger partial charge >= 0.3 is 24.4 Å². The molecule has 3 atom stereocenters. The summed E-state index contributed by atoms with van der Waals surface area (Å²) in [5, 5.41) is 6.14. The zero-order valence-electron chi connectivity index (χ0n) is 27.8. The number of fused-ring (bicyclic) bond motifs is 1. The van der Waals surface area contributed by atoms with Gasteiger partial charge in [0.05, 0.1) is 0 Å². The molecule has 49 heavy (non-hydrogen) atoms. The maximum Gasteiger partial charge on any atom is 0.409 e. The summed E-state index contributed by atoms with van der Waals surface area (Å²) in [5.74, 6) is -8.44. The molecule has 11 nitrogen and oxygen atoms in total. The second-order valence-corrected chi connectivity index (χ2v) is 13.1. The third-order valence-corrected chi connectivity index (χ3v) is 8.12. The number of rotatable bonds is 11. The fraction of sp³-hybridized carbons (Fsp3) is 0.625. The number of halogens is 6. The Morgan fingerprint density at radius 2 is 1.53 bits per heavy atom. The Morgan fingerprint density at radius 1 is 0.918 bits per heavy atom. The largest absolute Gasteiger partial charge is 0.458 e. The van der Waals surface area contributed by atoms with E-state index in [9.17, 15) is 45.5 Å². The number of nitrogens with two attached hydrogens (primary N) is 1. The van der Waals surface area contributed by atoms with Crippen molar-refractivity contribution in [2.75, 3.05) is 32.7 Å². The van der Waals surface area contributed by atoms with E-state index < -0.39 is 85.3 Å². The number of amides is 4. The average molecular weight is 707 g/mol. The molecule has 1 unspecified atom stereocenters. The third-order valence-electron chi connectivity index (χ3n) is 8.12. The fourth-order valence-corrected chi connectivity index (χ4v) is 5.66. The molecule has 2 heterocycles. The summed E-state index contributed by atoms with van der Waals surface area (Å²) in [4.78, 5) is 57.8. The summed E-state index contributed by atoms with van der Waals surface area (Å²) < 4.78 is 84.9. The van der Waals surface area contributed by atoms with E-state index in [1.165, 1.54) is 0 Å². The van der Waals surface area contributed by atoms with Gasteiger partial charge in [0, 0.05) is 49.2 Å².